The van der Waals surface area contributed by atoms with Crippen molar-refractivity contribution in [2.75, 3.05) is 0 Å². The van der Waals surface area contributed by atoms with Gasteiger partial charge in [0.25, 0.3) is 10.0 Å². The zero-order valence-electron chi connectivity index (χ0n) is 11.3. The van der Waals surface area contributed by atoms with Gasteiger partial charge in [-0.3, -0.25) is 4.79 Å². The summed E-state index contributed by atoms with van der Waals surface area (Å²) < 4.78 is 52.8. The first-order valence-corrected chi connectivity index (χ1v) is 8.12. The Bertz CT molecular complexity index is 1020. The number of nitrogens with zero attached hydrogens (tertiary/aromatic N) is 1. The summed E-state index contributed by atoms with van der Waals surface area (Å²) in [6.07, 6.45) is 1.58. The maximum atomic E-state index is 13.3. The summed E-state index contributed by atoms with van der Waals surface area (Å²) in [7, 11) is -4.30. The molecule has 0 aliphatic rings. The highest BCUT2D eigenvalue weighted by Crippen LogP contribution is 2.28. The smallest absolute Gasteiger partial charge is 0.268 e. The largest absolute Gasteiger partial charge is 0.298 e. The molecule has 4 nitrogen and oxygen atoms in total. The molecule has 0 saturated carbocycles. The second-order valence-corrected chi connectivity index (χ2v) is 7.02. The highest BCUT2D eigenvalue weighted by molar-refractivity contribution is 7.90. The van der Waals surface area contributed by atoms with Gasteiger partial charge < -0.3 is 0 Å². The molecule has 0 aliphatic carbocycles. The zero-order valence-corrected chi connectivity index (χ0v) is 12.9. The van der Waals surface area contributed by atoms with E-state index in [1.165, 1.54) is 18.2 Å². The number of carbonyl (C=O) groups excluding carboxylic acids is 1. The quantitative estimate of drug-likeness (QED) is 0.674. The molecule has 0 fully saturated rings. The van der Waals surface area contributed by atoms with Crippen molar-refractivity contribution >= 4 is 38.8 Å². The molecule has 0 amide bonds. The average molecular weight is 356 g/mol. The van der Waals surface area contributed by atoms with Crippen molar-refractivity contribution in [3.63, 3.8) is 0 Å². The third kappa shape index (κ3) is 2.62. The molecule has 0 aliphatic heterocycles. The first kappa shape index (κ1) is 15.6. The fourth-order valence-electron chi connectivity index (χ4n) is 2.28. The molecule has 1 heterocycles. The summed E-state index contributed by atoms with van der Waals surface area (Å²) in [6, 6.07) is 6.34. The summed E-state index contributed by atoms with van der Waals surface area (Å²) in [5.41, 5.74) is 0.265. The maximum Gasteiger partial charge on any atom is 0.268 e. The number of rotatable bonds is 3. The minimum absolute atomic E-state index is 0.122. The molecule has 1 aromatic heterocycles. The number of hydrogen-bond acceptors (Lipinski definition) is 3. The molecule has 0 bridgehead atoms. The lowest BCUT2D eigenvalue weighted by Gasteiger charge is -2.08. The van der Waals surface area contributed by atoms with Crippen LogP contribution in [0.15, 0.2) is 47.5 Å². The van der Waals surface area contributed by atoms with Crippen molar-refractivity contribution in [2.24, 2.45) is 0 Å². The van der Waals surface area contributed by atoms with Gasteiger partial charge in [-0.1, -0.05) is 17.7 Å². The van der Waals surface area contributed by atoms with Crippen LogP contribution < -0.4 is 0 Å². The van der Waals surface area contributed by atoms with Gasteiger partial charge in [0, 0.05) is 28.2 Å². The summed E-state index contributed by atoms with van der Waals surface area (Å²) in [6.45, 7) is 0. The van der Waals surface area contributed by atoms with E-state index in [0.29, 0.717) is 29.9 Å². The van der Waals surface area contributed by atoms with Crippen molar-refractivity contribution in [3.8, 4) is 0 Å². The van der Waals surface area contributed by atoms with Crippen molar-refractivity contribution in [2.45, 2.75) is 4.90 Å². The van der Waals surface area contributed by atoms with Gasteiger partial charge in [0.1, 0.15) is 11.6 Å². The predicted molar refractivity (Wildman–Crippen MR) is 81.3 cm³/mol. The van der Waals surface area contributed by atoms with E-state index in [-0.39, 0.29) is 16.1 Å². The number of aldehydes is 1. The second-order valence-electron chi connectivity index (χ2n) is 4.77. The van der Waals surface area contributed by atoms with Crippen LogP contribution in [0.2, 0.25) is 5.02 Å². The lowest BCUT2D eigenvalue weighted by atomic mass is 10.2. The van der Waals surface area contributed by atoms with Crippen molar-refractivity contribution in [1.29, 1.82) is 0 Å². The Morgan fingerprint density at radius 1 is 1.04 bits per heavy atom. The number of halogens is 3. The van der Waals surface area contributed by atoms with Crippen LogP contribution in [0.3, 0.4) is 0 Å². The van der Waals surface area contributed by atoms with E-state index in [4.69, 9.17) is 11.6 Å². The number of benzene rings is 2. The monoisotopic (exact) mass is 355 g/mol. The Morgan fingerprint density at radius 2 is 1.70 bits per heavy atom. The molecule has 0 spiro atoms. The maximum absolute atomic E-state index is 13.3. The van der Waals surface area contributed by atoms with E-state index >= 15 is 0 Å². The van der Waals surface area contributed by atoms with Crippen molar-refractivity contribution in [3.05, 3.63) is 64.8 Å². The fourth-order valence-corrected chi connectivity index (χ4v) is 3.86. The number of hydrogen-bond donors (Lipinski definition) is 0. The first-order valence-electron chi connectivity index (χ1n) is 6.30. The SMILES string of the molecule is O=Cc1cn(S(=O)(=O)c2cc(F)cc(F)c2)c2cc(Cl)ccc12. The van der Waals surface area contributed by atoms with E-state index in [9.17, 15) is 22.0 Å². The van der Waals surface area contributed by atoms with Crippen LogP contribution in [0.25, 0.3) is 10.9 Å². The third-order valence-electron chi connectivity index (χ3n) is 3.28. The summed E-state index contributed by atoms with van der Waals surface area (Å²) in [5.74, 6) is -2.04. The molecule has 3 rings (SSSR count). The normalized spacial score (nSPS) is 11.8. The van der Waals surface area contributed by atoms with E-state index in [1.807, 2.05) is 0 Å². The molecule has 23 heavy (non-hydrogen) atoms. The second kappa shape index (κ2) is 5.43. The van der Waals surface area contributed by atoms with Crippen LogP contribution in [0.1, 0.15) is 10.4 Å². The van der Waals surface area contributed by atoms with Crippen LogP contribution in [0.4, 0.5) is 8.78 Å². The third-order valence-corrected chi connectivity index (χ3v) is 5.17. The van der Waals surface area contributed by atoms with E-state index < -0.39 is 26.6 Å². The van der Waals surface area contributed by atoms with Gasteiger partial charge in [-0.25, -0.2) is 21.2 Å². The highest BCUT2D eigenvalue weighted by atomic mass is 35.5. The van der Waals surface area contributed by atoms with E-state index in [1.54, 1.807) is 0 Å². The molecular weight excluding hydrogens is 348 g/mol. The number of fused-ring (bicyclic) bond motifs is 1. The van der Waals surface area contributed by atoms with Crippen LogP contribution in [-0.2, 0) is 10.0 Å². The van der Waals surface area contributed by atoms with Gasteiger partial charge in [0.2, 0.25) is 0 Å². The Labute approximate surface area is 135 Å². The Kier molecular flexibility index (Phi) is 3.69. The Hall–Kier alpha value is -2.25. The van der Waals surface area contributed by atoms with Crippen molar-refractivity contribution in [1.82, 2.24) is 3.97 Å². The Morgan fingerprint density at radius 3 is 2.30 bits per heavy atom. The minimum atomic E-state index is -4.30. The van der Waals surface area contributed by atoms with Gasteiger partial charge in [-0.15, -0.1) is 0 Å². The highest BCUT2D eigenvalue weighted by Gasteiger charge is 2.22. The van der Waals surface area contributed by atoms with E-state index in [0.717, 1.165) is 10.2 Å². The summed E-state index contributed by atoms with van der Waals surface area (Å²) in [4.78, 5) is 10.6. The zero-order chi connectivity index (χ0) is 16.8. The molecule has 0 N–H and O–H groups in total. The summed E-state index contributed by atoms with van der Waals surface area (Å²) in [5, 5.41) is 0.625. The minimum Gasteiger partial charge on any atom is -0.298 e. The lowest BCUT2D eigenvalue weighted by Crippen LogP contribution is -2.12. The molecule has 0 radical (unpaired) electrons. The molecule has 2 aromatic carbocycles. The molecule has 118 valence electrons. The van der Waals surface area contributed by atoms with Gasteiger partial charge in [0.15, 0.2) is 6.29 Å². The molecular formula is C15H8ClF2NO3S. The standard InChI is InChI=1S/C15H8ClF2NO3S/c16-10-1-2-14-9(8-20)7-19(15(14)3-10)23(21,22)13-5-11(17)4-12(18)6-13/h1-8H. The van der Waals surface area contributed by atoms with Crippen LogP contribution in [-0.4, -0.2) is 18.7 Å². The van der Waals surface area contributed by atoms with Gasteiger partial charge in [-0.2, -0.15) is 0 Å². The van der Waals surface area contributed by atoms with Gasteiger partial charge >= 0.3 is 0 Å². The van der Waals surface area contributed by atoms with E-state index in [2.05, 4.69) is 0 Å². The molecule has 0 unspecified atom stereocenters. The Balaban J connectivity index is 2.34. The van der Waals surface area contributed by atoms with Crippen molar-refractivity contribution < 1.29 is 22.0 Å². The summed E-state index contributed by atoms with van der Waals surface area (Å²) >= 11 is 5.87. The van der Waals surface area contributed by atoms with Crippen LogP contribution in [0, 0.1) is 11.6 Å². The first-order chi connectivity index (χ1) is 10.8. The van der Waals surface area contributed by atoms with Gasteiger partial charge in [-0.05, 0) is 24.3 Å². The lowest BCUT2D eigenvalue weighted by molar-refractivity contribution is 0.112. The topological polar surface area (TPSA) is 56.1 Å². The molecule has 0 saturated heterocycles. The fraction of sp³-hybridized carbons (Fsp3) is 0. The van der Waals surface area contributed by atoms with Crippen LogP contribution >= 0.6 is 11.6 Å². The number of aromatic nitrogens is 1. The molecule has 8 heteroatoms. The van der Waals surface area contributed by atoms with Gasteiger partial charge in [0.05, 0.1) is 10.4 Å². The average Bonchev–Trinajstić information content (AvgIpc) is 2.84. The molecule has 0 atom stereocenters. The molecule has 3 aromatic rings. The number of carbonyl (C=O) groups is 1. The van der Waals surface area contributed by atoms with Crippen LogP contribution in [0.5, 0.6) is 0 Å². The predicted octanol–water partition coefficient (Wildman–Crippen LogP) is 3.62.